The molecule has 0 aliphatic rings. The third-order valence-corrected chi connectivity index (χ3v) is 2.13. The highest BCUT2D eigenvalue weighted by molar-refractivity contribution is 6.35. The van der Waals surface area contributed by atoms with Crippen LogP contribution in [0.2, 0.25) is 10.0 Å². The lowest BCUT2D eigenvalue weighted by Crippen LogP contribution is -2.09. The first-order valence-corrected chi connectivity index (χ1v) is 4.91. The van der Waals surface area contributed by atoms with Gasteiger partial charge in [0.2, 0.25) is 5.91 Å². The Balaban J connectivity index is 2.77. The van der Waals surface area contributed by atoms with E-state index in [0.29, 0.717) is 15.7 Å². The van der Waals surface area contributed by atoms with Crippen LogP contribution in [0.15, 0.2) is 30.4 Å². The Morgan fingerprint density at radius 3 is 2.56 bits per heavy atom. The van der Waals surface area contributed by atoms with E-state index in [-0.39, 0.29) is 0 Å². The van der Waals surface area contributed by atoms with E-state index in [1.54, 1.807) is 6.07 Å². The van der Waals surface area contributed by atoms with Gasteiger partial charge < -0.3 is 10.4 Å². The SMILES string of the molecule is O=C(O)/C=C\C(=O)Nc1cc(Cl)ccc1Cl. The van der Waals surface area contributed by atoms with Crippen molar-refractivity contribution in [1.29, 1.82) is 0 Å². The zero-order chi connectivity index (χ0) is 12.1. The molecule has 0 aromatic heterocycles. The maximum absolute atomic E-state index is 11.2. The fourth-order valence-electron chi connectivity index (χ4n) is 0.915. The van der Waals surface area contributed by atoms with Gasteiger partial charge in [0, 0.05) is 17.2 Å². The molecule has 84 valence electrons. The van der Waals surface area contributed by atoms with E-state index in [1.807, 2.05) is 0 Å². The van der Waals surface area contributed by atoms with E-state index < -0.39 is 11.9 Å². The molecule has 4 nitrogen and oxygen atoms in total. The largest absolute Gasteiger partial charge is 0.478 e. The minimum absolute atomic E-state index is 0.321. The molecule has 0 fully saturated rings. The Bertz CT molecular complexity index is 457. The highest BCUT2D eigenvalue weighted by Gasteiger charge is 2.04. The van der Waals surface area contributed by atoms with Crippen LogP contribution >= 0.6 is 23.2 Å². The summed E-state index contributed by atoms with van der Waals surface area (Å²) in [4.78, 5) is 21.4. The number of rotatable bonds is 3. The van der Waals surface area contributed by atoms with Gasteiger partial charge in [-0.2, -0.15) is 0 Å². The molecule has 0 bridgehead atoms. The number of benzene rings is 1. The van der Waals surface area contributed by atoms with Crippen LogP contribution in [0, 0.1) is 0 Å². The lowest BCUT2D eigenvalue weighted by atomic mass is 10.3. The normalized spacial score (nSPS) is 10.4. The first-order chi connectivity index (χ1) is 7.49. The minimum atomic E-state index is -1.20. The topological polar surface area (TPSA) is 66.4 Å². The molecule has 1 aromatic carbocycles. The Labute approximate surface area is 101 Å². The number of nitrogens with one attached hydrogen (secondary N) is 1. The molecule has 0 radical (unpaired) electrons. The van der Waals surface area contributed by atoms with Gasteiger partial charge in [0.05, 0.1) is 10.7 Å². The summed E-state index contributed by atoms with van der Waals surface area (Å²) >= 11 is 11.5. The van der Waals surface area contributed by atoms with Crippen molar-refractivity contribution in [3.05, 3.63) is 40.4 Å². The summed E-state index contributed by atoms with van der Waals surface area (Å²) in [6.07, 6.45) is 1.62. The van der Waals surface area contributed by atoms with Crippen molar-refractivity contribution in [3.8, 4) is 0 Å². The van der Waals surface area contributed by atoms with Gasteiger partial charge in [0.1, 0.15) is 0 Å². The maximum atomic E-state index is 11.2. The second-order valence-electron chi connectivity index (χ2n) is 2.78. The number of carbonyl (C=O) groups is 2. The molecule has 1 aromatic rings. The molecule has 0 spiro atoms. The van der Waals surface area contributed by atoms with Crippen LogP contribution in [0.1, 0.15) is 0 Å². The number of carboxylic acid groups (broad SMARTS) is 1. The highest BCUT2D eigenvalue weighted by Crippen LogP contribution is 2.25. The first kappa shape index (κ1) is 12.5. The van der Waals surface area contributed by atoms with E-state index in [4.69, 9.17) is 28.3 Å². The quantitative estimate of drug-likeness (QED) is 0.821. The van der Waals surface area contributed by atoms with Gasteiger partial charge in [-0.15, -0.1) is 0 Å². The third kappa shape index (κ3) is 3.92. The molecule has 0 aliphatic heterocycles. The second-order valence-corrected chi connectivity index (χ2v) is 3.63. The average molecular weight is 260 g/mol. The standard InChI is InChI=1S/C10H7Cl2NO3/c11-6-1-2-7(12)8(5-6)13-9(14)3-4-10(15)16/h1-5H,(H,13,14)(H,15,16)/b4-3-. The fourth-order valence-corrected chi connectivity index (χ4v) is 1.25. The average Bonchev–Trinajstić information content (AvgIpc) is 2.20. The summed E-state index contributed by atoms with van der Waals surface area (Å²) < 4.78 is 0. The highest BCUT2D eigenvalue weighted by atomic mass is 35.5. The van der Waals surface area contributed by atoms with Gasteiger partial charge in [-0.3, -0.25) is 4.79 Å². The molecular weight excluding hydrogens is 253 g/mol. The molecule has 0 saturated heterocycles. The van der Waals surface area contributed by atoms with E-state index in [2.05, 4.69) is 5.32 Å². The molecule has 0 atom stereocenters. The molecule has 2 N–H and O–H groups in total. The zero-order valence-corrected chi connectivity index (χ0v) is 9.42. The van der Waals surface area contributed by atoms with Gasteiger partial charge in [0.25, 0.3) is 0 Å². The lowest BCUT2D eigenvalue weighted by molar-refractivity contribution is -0.131. The predicted molar refractivity (Wildman–Crippen MR) is 61.9 cm³/mol. The molecule has 1 amide bonds. The summed E-state index contributed by atoms with van der Waals surface area (Å²) in [6.45, 7) is 0. The summed E-state index contributed by atoms with van der Waals surface area (Å²) in [5, 5.41) is 11.5. The van der Waals surface area contributed by atoms with Crippen LogP contribution in [0.4, 0.5) is 5.69 Å². The molecular formula is C10H7Cl2NO3. The smallest absolute Gasteiger partial charge is 0.328 e. The van der Waals surface area contributed by atoms with Crippen LogP contribution in [0.25, 0.3) is 0 Å². The minimum Gasteiger partial charge on any atom is -0.478 e. The molecule has 16 heavy (non-hydrogen) atoms. The Morgan fingerprint density at radius 1 is 1.25 bits per heavy atom. The zero-order valence-electron chi connectivity index (χ0n) is 7.91. The lowest BCUT2D eigenvalue weighted by Gasteiger charge is -2.04. The van der Waals surface area contributed by atoms with Crippen molar-refractivity contribution >= 4 is 40.8 Å². The number of carbonyl (C=O) groups excluding carboxylic acids is 1. The Hall–Kier alpha value is -1.52. The number of halogens is 2. The van der Waals surface area contributed by atoms with Gasteiger partial charge >= 0.3 is 5.97 Å². The van der Waals surface area contributed by atoms with E-state index in [9.17, 15) is 9.59 Å². The van der Waals surface area contributed by atoms with Crippen LogP contribution in [-0.4, -0.2) is 17.0 Å². The summed E-state index contributed by atoms with van der Waals surface area (Å²) in [5.74, 6) is -1.79. The van der Waals surface area contributed by atoms with Gasteiger partial charge in [-0.25, -0.2) is 4.79 Å². The van der Waals surface area contributed by atoms with Crippen LogP contribution in [0.5, 0.6) is 0 Å². The third-order valence-electron chi connectivity index (χ3n) is 1.56. The van der Waals surface area contributed by atoms with Crippen molar-refractivity contribution < 1.29 is 14.7 Å². The molecule has 0 unspecified atom stereocenters. The van der Waals surface area contributed by atoms with Gasteiger partial charge in [-0.05, 0) is 18.2 Å². The maximum Gasteiger partial charge on any atom is 0.328 e. The first-order valence-electron chi connectivity index (χ1n) is 4.16. The van der Waals surface area contributed by atoms with Crippen molar-refractivity contribution in [2.24, 2.45) is 0 Å². The molecule has 0 saturated carbocycles. The van der Waals surface area contributed by atoms with Crippen molar-refractivity contribution in [2.75, 3.05) is 5.32 Å². The fraction of sp³-hybridized carbons (Fsp3) is 0. The number of hydrogen-bond acceptors (Lipinski definition) is 2. The number of carboxylic acids is 1. The molecule has 6 heteroatoms. The van der Waals surface area contributed by atoms with Gasteiger partial charge in [0.15, 0.2) is 0 Å². The number of hydrogen-bond donors (Lipinski definition) is 2. The second kappa shape index (κ2) is 5.53. The predicted octanol–water partition coefficient (Wildman–Crippen LogP) is 2.57. The van der Waals surface area contributed by atoms with Crippen LogP contribution in [-0.2, 0) is 9.59 Å². The summed E-state index contributed by atoms with van der Waals surface area (Å²) in [7, 11) is 0. The van der Waals surface area contributed by atoms with E-state index >= 15 is 0 Å². The van der Waals surface area contributed by atoms with Crippen LogP contribution in [0.3, 0.4) is 0 Å². The van der Waals surface area contributed by atoms with Crippen LogP contribution < -0.4 is 5.32 Å². The Kier molecular flexibility index (Phi) is 4.34. The number of aliphatic carboxylic acids is 1. The van der Waals surface area contributed by atoms with Crippen molar-refractivity contribution in [2.45, 2.75) is 0 Å². The Morgan fingerprint density at radius 2 is 1.94 bits per heavy atom. The molecule has 0 heterocycles. The molecule has 0 aliphatic carbocycles. The van der Waals surface area contributed by atoms with E-state index in [1.165, 1.54) is 12.1 Å². The van der Waals surface area contributed by atoms with Crippen molar-refractivity contribution in [3.63, 3.8) is 0 Å². The monoisotopic (exact) mass is 259 g/mol. The number of amides is 1. The van der Waals surface area contributed by atoms with Gasteiger partial charge in [-0.1, -0.05) is 23.2 Å². The molecule has 1 rings (SSSR count). The summed E-state index contributed by atoms with van der Waals surface area (Å²) in [6, 6.07) is 4.57. The van der Waals surface area contributed by atoms with Crippen molar-refractivity contribution in [1.82, 2.24) is 0 Å². The summed E-state index contributed by atoms with van der Waals surface area (Å²) in [5.41, 5.74) is 0.328. The van der Waals surface area contributed by atoms with E-state index in [0.717, 1.165) is 12.2 Å². The number of anilines is 1.